The normalized spacial score (nSPS) is 13.8. The van der Waals surface area contributed by atoms with E-state index in [1.807, 2.05) is 30.8 Å². The molecule has 1 aromatic carbocycles. The Morgan fingerprint density at radius 2 is 2.00 bits per heavy atom. The van der Waals surface area contributed by atoms with Gasteiger partial charge >= 0.3 is 0 Å². The molecule has 1 N–H and O–H groups in total. The lowest BCUT2D eigenvalue weighted by molar-refractivity contribution is 0.498. The Morgan fingerprint density at radius 3 is 2.56 bits per heavy atom. The average molecular weight is 241 g/mol. The average Bonchev–Trinajstić information content (AvgIpc) is 2.27. The number of nitrogens with one attached hydrogen (secondary N) is 1. The van der Waals surface area contributed by atoms with E-state index >= 15 is 0 Å². The first-order chi connectivity index (χ1) is 7.46. The number of halogens is 1. The van der Waals surface area contributed by atoms with Crippen molar-refractivity contribution >= 4 is 11.8 Å². The van der Waals surface area contributed by atoms with E-state index in [0.717, 1.165) is 12.1 Å². The molecule has 0 bridgehead atoms. The molecule has 0 saturated heterocycles. The quantitative estimate of drug-likeness (QED) is 0.845. The molecule has 1 atom stereocenters. The molecule has 0 fully saturated rings. The van der Waals surface area contributed by atoms with E-state index in [0.29, 0.717) is 0 Å². The largest absolute Gasteiger partial charge is 0.309 e. The summed E-state index contributed by atoms with van der Waals surface area (Å²) in [5, 5.41) is 3.37. The highest BCUT2D eigenvalue weighted by molar-refractivity contribution is 7.99. The van der Waals surface area contributed by atoms with Crippen molar-refractivity contribution in [1.29, 1.82) is 0 Å². The van der Waals surface area contributed by atoms with Crippen LogP contribution in [0, 0.1) is 5.82 Å². The van der Waals surface area contributed by atoms with Crippen LogP contribution in [-0.2, 0) is 0 Å². The van der Waals surface area contributed by atoms with Crippen molar-refractivity contribution in [3.05, 3.63) is 35.6 Å². The first-order valence-electron chi connectivity index (χ1n) is 5.49. The summed E-state index contributed by atoms with van der Waals surface area (Å²) < 4.78 is 13.7. The predicted molar refractivity (Wildman–Crippen MR) is 70.4 cm³/mol. The van der Waals surface area contributed by atoms with Gasteiger partial charge in [0.1, 0.15) is 5.82 Å². The minimum absolute atomic E-state index is 0.0487. The van der Waals surface area contributed by atoms with Crippen molar-refractivity contribution in [2.75, 3.05) is 12.8 Å². The summed E-state index contributed by atoms with van der Waals surface area (Å²) in [7, 11) is 0. The van der Waals surface area contributed by atoms with Gasteiger partial charge in [0.05, 0.1) is 0 Å². The first-order valence-corrected chi connectivity index (χ1v) is 6.72. The van der Waals surface area contributed by atoms with E-state index < -0.39 is 0 Å². The van der Waals surface area contributed by atoms with Gasteiger partial charge < -0.3 is 5.32 Å². The Hall–Kier alpha value is -0.540. The number of benzene rings is 1. The second-order valence-electron chi connectivity index (χ2n) is 4.59. The Balaban J connectivity index is 2.60. The smallest absolute Gasteiger partial charge is 0.127 e. The molecule has 0 aliphatic carbocycles. The summed E-state index contributed by atoms with van der Waals surface area (Å²) in [6.07, 6.45) is 2.09. The Bertz CT molecular complexity index is 338. The summed E-state index contributed by atoms with van der Waals surface area (Å²) in [5.74, 6) is -0.135. The van der Waals surface area contributed by atoms with E-state index in [-0.39, 0.29) is 16.6 Å². The predicted octanol–water partition coefficient (Wildman–Crippen LogP) is 3.62. The van der Waals surface area contributed by atoms with Crippen LogP contribution in [0.1, 0.15) is 32.4 Å². The first kappa shape index (κ1) is 13.5. The van der Waals surface area contributed by atoms with Gasteiger partial charge in [0.2, 0.25) is 0 Å². The highest BCUT2D eigenvalue weighted by Gasteiger charge is 2.18. The van der Waals surface area contributed by atoms with Gasteiger partial charge in [0.15, 0.2) is 0 Å². The van der Waals surface area contributed by atoms with Gasteiger partial charge in [-0.15, -0.1) is 0 Å². The van der Waals surface area contributed by atoms with Crippen molar-refractivity contribution in [2.24, 2.45) is 0 Å². The molecule has 3 heteroatoms. The zero-order valence-corrected chi connectivity index (χ0v) is 11.2. The maximum absolute atomic E-state index is 13.5. The second-order valence-corrected chi connectivity index (χ2v) is 6.10. The van der Waals surface area contributed by atoms with E-state index in [1.165, 1.54) is 6.07 Å². The van der Waals surface area contributed by atoms with Crippen molar-refractivity contribution in [3.63, 3.8) is 0 Å². The van der Waals surface area contributed by atoms with Crippen LogP contribution in [0.4, 0.5) is 4.39 Å². The molecule has 0 heterocycles. The zero-order valence-electron chi connectivity index (χ0n) is 10.4. The van der Waals surface area contributed by atoms with Crippen LogP contribution in [0.3, 0.4) is 0 Å². The minimum Gasteiger partial charge on any atom is -0.309 e. The SMILES string of the molecule is CSC(C)(C)CNC(C)c1ccccc1F. The van der Waals surface area contributed by atoms with Crippen LogP contribution in [0.25, 0.3) is 0 Å². The standard InChI is InChI=1S/C13H20FNS/c1-10(15-9-13(2,3)16-4)11-7-5-6-8-12(11)14/h5-8,10,15H,9H2,1-4H3. The van der Waals surface area contributed by atoms with Gasteiger partial charge in [-0.25, -0.2) is 4.39 Å². The fourth-order valence-corrected chi connectivity index (χ4v) is 1.63. The molecule has 0 amide bonds. The lowest BCUT2D eigenvalue weighted by Gasteiger charge is -2.25. The zero-order chi connectivity index (χ0) is 12.2. The molecule has 1 rings (SSSR count). The van der Waals surface area contributed by atoms with Gasteiger partial charge in [0, 0.05) is 22.9 Å². The van der Waals surface area contributed by atoms with Gasteiger partial charge in [-0.3, -0.25) is 0 Å². The summed E-state index contributed by atoms with van der Waals surface area (Å²) in [6.45, 7) is 7.22. The van der Waals surface area contributed by atoms with Crippen LogP contribution in [0.5, 0.6) is 0 Å². The molecule has 16 heavy (non-hydrogen) atoms. The Morgan fingerprint density at radius 1 is 1.38 bits per heavy atom. The molecule has 90 valence electrons. The van der Waals surface area contributed by atoms with Crippen molar-refractivity contribution in [2.45, 2.75) is 31.6 Å². The van der Waals surface area contributed by atoms with E-state index in [1.54, 1.807) is 6.07 Å². The van der Waals surface area contributed by atoms with E-state index in [2.05, 4.69) is 25.4 Å². The lowest BCUT2D eigenvalue weighted by Crippen LogP contribution is -2.33. The number of hydrogen-bond donors (Lipinski definition) is 1. The fraction of sp³-hybridized carbons (Fsp3) is 0.538. The molecule has 0 aliphatic heterocycles. The van der Waals surface area contributed by atoms with Gasteiger partial charge in [0.25, 0.3) is 0 Å². The summed E-state index contributed by atoms with van der Waals surface area (Å²) in [5.41, 5.74) is 0.736. The molecule has 0 aliphatic rings. The number of rotatable bonds is 5. The highest BCUT2D eigenvalue weighted by atomic mass is 32.2. The van der Waals surface area contributed by atoms with Gasteiger partial charge in [-0.2, -0.15) is 11.8 Å². The molecule has 1 nitrogen and oxygen atoms in total. The van der Waals surface area contributed by atoms with Crippen LogP contribution in [-0.4, -0.2) is 17.5 Å². The Labute approximate surface area is 102 Å². The molecule has 1 unspecified atom stereocenters. The molecule has 0 aromatic heterocycles. The fourth-order valence-electron chi connectivity index (χ4n) is 1.41. The molecule has 0 radical (unpaired) electrons. The van der Waals surface area contributed by atoms with Crippen molar-refractivity contribution in [3.8, 4) is 0 Å². The third-order valence-electron chi connectivity index (χ3n) is 2.76. The lowest BCUT2D eigenvalue weighted by atomic mass is 10.1. The van der Waals surface area contributed by atoms with Crippen LogP contribution in [0.15, 0.2) is 24.3 Å². The van der Waals surface area contributed by atoms with E-state index in [4.69, 9.17) is 0 Å². The summed E-state index contributed by atoms with van der Waals surface area (Å²) in [6, 6.07) is 6.98. The van der Waals surface area contributed by atoms with Crippen LogP contribution in [0.2, 0.25) is 0 Å². The van der Waals surface area contributed by atoms with Gasteiger partial charge in [-0.1, -0.05) is 18.2 Å². The number of thioether (sulfide) groups is 1. The van der Waals surface area contributed by atoms with E-state index in [9.17, 15) is 4.39 Å². The summed E-state index contributed by atoms with van der Waals surface area (Å²) in [4.78, 5) is 0. The molecule has 0 saturated carbocycles. The maximum atomic E-state index is 13.5. The van der Waals surface area contributed by atoms with Crippen molar-refractivity contribution < 1.29 is 4.39 Å². The van der Waals surface area contributed by atoms with Crippen molar-refractivity contribution in [1.82, 2.24) is 5.32 Å². The monoisotopic (exact) mass is 241 g/mol. The Kier molecular flexibility index (Phi) is 4.81. The molecule has 0 spiro atoms. The van der Waals surface area contributed by atoms with Crippen LogP contribution < -0.4 is 5.32 Å². The molecular formula is C13H20FNS. The topological polar surface area (TPSA) is 12.0 Å². The summed E-state index contributed by atoms with van der Waals surface area (Å²) >= 11 is 1.81. The second kappa shape index (κ2) is 5.69. The van der Waals surface area contributed by atoms with Gasteiger partial charge in [-0.05, 0) is 33.1 Å². The molecular weight excluding hydrogens is 221 g/mol. The minimum atomic E-state index is -0.135. The third kappa shape index (κ3) is 3.80. The maximum Gasteiger partial charge on any atom is 0.127 e. The molecule has 1 aromatic rings. The number of hydrogen-bond acceptors (Lipinski definition) is 2. The highest BCUT2D eigenvalue weighted by Crippen LogP contribution is 2.22. The third-order valence-corrected chi connectivity index (χ3v) is 4.01. The van der Waals surface area contributed by atoms with Crippen LogP contribution >= 0.6 is 11.8 Å².